The Balaban J connectivity index is 1.13. The minimum atomic E-state index is -4.72. The lowest BCUT2D eigenvalue weighted by Crippen LogP contribution is -2.39. The highest BCUT2D eigenvalue weighted by Crippen LogP contribution is 2.37. The molecule has 188 valence electrons. The first-order chi connectivity index (χ1) is 17.3. The first-order valence-corrected chi connectivity index (χ1v) is 11.5. The highest BCUT2D eigenvalue weighted by atomic mass is 19.4. The normalized spacial score (nSPS) is 22.1. The second kappa shape index (κ2) is 8.43. The monoisotopic (exact) mass is 502 g/mol. The Morgan fingerprint density at radius 3 is 2.19 bits per heavy atom. The van der Waals surface area contributed by atoms with Crippen molar-refractivity contribution in [3.8, 4) is 5.88 Å². The molecule has 2 atom stereocenters. The largest absolute Gasteiger partial charge is 0.469 e. The van der Waals surface area contributed by atoms with E-state index in [1.807, 2.05) is 0 Å². The number of pyridine rings is 1. The number of ether oxygens (including phenoxy) is 2. The van der Waals surface area contributed by atoms with Crippen molar-refractivity contribution in [2.45, 2.75) is 12.3 Å². The van der Waals surface area contributed by atoms with Gasteiger partial charge in [-0.15, -0.1) is 0 Å². The van der Waals surface area contributed by atoms with E-state index in [0.29, 0.717) is 42.8 Å². The van der Waals surface area contributed by atoms with Gasteiger partial charge >= 0.3 is 6.18 Å². The Kier molecular flexibility index (Phi) is 5.32. The number of carbonyl (C=O) groups excluding carboxylic acids is 2. The van der Waals surface area contributed by atoms with Gasteiger partial charge in [0.2, 0.25) is 5.88 Å². The number of halogens is 3. The fourth-order valence-corrected chi connectivity index (χ4v) is 4.97. The predicted molar refractivity (Wildman–Crippen MR) is 117 cm³/mol. The van der Waals surface area contributed by atoms with Crippen LogP contribution in [0.4, 0.5) is 13.2 Å². The molecule has 2 aromatic heterocycles. The van der Waals surface area contributed by atoms with Gasteiger partial charge in [-0.1, -0.05) is 0 Å². The number of nitrogens with zero attached hydrogens (tertiary/aromatic N) is 5. The van der Waals surface area contributed by atoms with Crippen molar-refractivity contribution < 1.29 is 32.2 Å². The Hall–Kier alpha value is -3.74. The average Bonchev–Trinajstić information content (AvgIpc) is 3.54. The second-order valence-corrected chi connectivity index (χ2v) is 9.32. The molecule has 0 aliphatic carbocycles. The van der Waals surface area contributed by atoms with E-state index >= 15 is 0 Å². The van der Waals surface area contributed by atoms with Gasteiger partial charge in [0.25, 0.3) is 11.8 Å². The van der Waals surface area contributed by atoms with Crippen LogP contribution < -0.4 is 4.74 Å². The van der Waals surface area contributed by atoms with Gasteiger partial charge in [-0.3, -0.25) is 9.59 Å². The molecule has 1 aromatic carbocycles. The number of benzene rings is 1. The number of aromatic amines is 1. The molecule has 3 fully saturated rings. The third-order valence-corrected chi connectivity index (χ3v) is 6.91. The molecule has 3 aliphatic rings. The summed E-state index contributed by atoms with van der Waals surface area (Å²) >= 11 is 0. The number of aromatic nitrogens is 4. The molecule has 5 heterocycles. The first kappa shape index (κ1) is 22.7. The lowest BCUT2D eigenvalue weighted by molar-refractivity contribution is -0.142. The molecule has 3 aliphatic heterocycles. The smallest absolute Gasteiger partial charge is 0.421 e. The summed E-state index contributed by atoms with van der Waals surface area (Å²) in [7, 11) is 0. The topological polar surface area (TPSA) is 114 Å². The number of alkyl halides is 3. The highest BCUT2D eigenvalue weighted by Gasteiger charge is 2.44. The minimum Gasteiger partial charge on any atom is -0.469 e. The maximum absolute atomic E-state index is 13.6. The first-order valence-electron chi connectivity index (χ1n) is 11.5. The summed E-state index contributed by atoms with van der Waals surface area (Å²) in [6.07, 6.45) is -4.08. The molecule has 2 unspecified atom stereocenters. The zero-order valence-corrected chi connectivity index (χ0v) is 18.9. The second-order valence-electron chi connectivity index (χ2n) is 9.32. The summed E-state index contributed by atoms with van der Waals surface area (Å²) in [5.41, 5.74) is 0.541. The van der Waals surface area contributed by atoms with E-state index in [0.717, 1.165) is 12.3 Å². The van der Waals surface area contributed by atoms with Crippen molar-refractivity contribution in [1.82, 2.24) is 30.2 Å². The maximum Gasteiger partial charge on any atom is 0.421 e. The van der Waals surface area contributed by atoms with Crippen LogP contribution in [0.15, 0.2) is 30.5 Å². The maximum atomic E-state index is 13.6. The third-order valence-electron chi connectivity index (χ3n) is 6.91. The van der Waals surface area contributed by atoms with Crippen LogP contribution in [-0.4, -0.2) is 87.5 Å². The summed E-state index contributed by atoms with van der Waals surface area (Å²) in [5.74, 6) is -1.10. The van der Waals surface area contributed by atoms with Crippen LogP contribution >= 0.6 is 0 Å². The van der Waals surface area contributed by atoms with E-state index in [-0.39, 0.29) is 36.5 Å². The van der Waals surface area contributed by atoms with E-state index in [4.69, 9.17) is 9.47 Å². The van der Waals surface area contributed by atoms with E-state index in [9.17, 15) is 22.8 Å². The zero-order chi connectivity index (χ0) is 25.0. The molecule has 3 aromatic rings. The molecule has 0 bridgehead atoms. The predicted octanol–water partition coefficient (Wildman–Crippen LogP) is 1.99. The summed E-state index contributed by atoms with van der Waals surface area (Å²) in [6.45, 7) is 2.04. The lowest BCUT2D eigenvalue weighted by atomic mass is 10.0. The summed E-state index contributed by atoms with van der Waals surface area (Å²) < 4.78 is 51.1. The number of hydrogen-bond donors (Lipinski definition) is 1. The number of H-pyrrole nitrogens is 1. The van der Waals surface area contributed by atoms with Crippen LogP contribution in [0.3, 0.4) is 0 Å². The van der Waals surface area contributed by atoms with Gasteiger partial charge in [0.1, 0.15) is 22.7 Å². The Bertz CT molecular complexity index is 1330. The molecular weight excluding hydrogens is 481 g/mol. The fourth-order valence-electron chi connectivity index (χ4n) is 4.97. The number of rotatable bonds is 4. The van der Waals surface area contributed by atoms with Crippen LogP contribution in [0.25, 0.3) is 11.0 Å². The van der Waals surface area contributed by atoms with Crippen LogP contribution in [0, 0.1) is 11.8 Å². The van der Waals surface area contributed by atoms with E-state index in [1.54, 1.807) is 23.1 Å². The molecule has 2 amide bonds. The SMILES string of the molecule is O=C(c1cnc(OC2COC2)c(C(F)(F)F)c1)N1CC2CN(C(=O)c3ccc4n[nH]nc4c3)CC2C1. The van der Waals surface area contributed by atoms with E-state index in [2.05, 4.69) is 20.4 Å². The van der Waals surface area contributed by atoms with Gasteiger partial charge in [-0.05, 0) is 24.3 Å². The molecule has 3 saturated heterocycles. The molecule has 1 N–H and O–H groups in total. The molecule has 36 heavy (non-hydrogen) atoms. The van der Waals surface area contributed by atoms with Crippen LogP contribution in [0.1, 0.15) is 26.3 Å². The molecule has 0 spiro atoms. The van der Waals surface area contributed by atoms with Gasteiger partial charge in [-0.2, -0.15) is 28.6 Å². The molecule has 0 saturated carbocycles. The molecule has 0 radical (unpaired) electrons. The van der Waals surface area contributed by atoms with Crippen molar-refractivity contribution in [1.29, 1.82) is 0 Å². The van der Waals surface area contributed by atoms with Crippen molar-refractivity contribution in [2.24, 2.45) is 11.8 Å². The summed E-state index contributed by atoms with van der Waals surface area (Å²) in [4.78, 5) is 33.1. The number of nitrogens with one attached hydrogen (secondary N) is 1. The van der Waals surface area contributed by atoms with Crippen molar-refractivity contribution in [2.75, 3.05) is 39.4 Å². The molecular formula is C23H21F3N6O4. The number of likely N-dealkylation sites (tertiary alicyclic amines) is 2. The van der Waals surface area contributed by atoms with Gasteiger partial charge in [0.05, 0.1) is 18.8 Å². The van der Waals surface area contributed by atoms with Crippen molar-refractivity contribution >= 4 is 22.8 Å². The number of amides is 2. The third kappa shape index (κ3) is 4.02. The number of carbonyl (C=O) groups is 2. The van der Waals surface area contributed by atoms with Crippen LogP contribution in [0.2, 0.25) is 0 Å². The quantitative estimate of drug-likeness (QED) is 0.581. The van der Waals surface area contributed by atoms with Crippen LogP contribution in [0.5, 0.6) is 5.88 Å². The molecule has 6 rings (SSSR count). The minimum absolute atomic E-state index is 0.0463. The van der Waals surface area contributed by atoms with Crippen molar-refractivity contribution in [3.63, 3.8) is 0 Å². The van der Waals surface area contributed by atoms with Gasteiger partial charge in [0.15, 0.2) is 0 Å². The van der Waals surface area contributed by atoms with Crippen LogP contribution in [-0.2, 0) is 10.9 Å². The Labute approximate surface area is 202 Å². The lowest BCUT2D eigenvalue weighted by Gasteiger charge is -2.27. The Morgan fingerprint density at radius 2 is 1.58 bits per heavy atom. The number of fused-ring (bicyclic) bond motifs is 2. The standard InChI is InChI=1S/C23H21F3N6O4/c24-23(25,26)17-3-13(5-27-20(17)36-16-10-35-11-16)22(34)32-8-14-6-31(7-15(14)9-32)21(33)12-1-2-18-19(4-12)29-30-28-18/h1-5,14-16H,6-11H2,(H,28,29,30). The average molecular weight is 502 g/mol. The molecule has 10 nitrogen and oxygen atoms in total. The molecule has 13 heteroatoms. The summed E-state index contributed by atoms with van der Waals surface area (Å²) in [6, 6.07) is 5.91. The van der Waals surface area contributed by atoms with E-state index < -0.39 is 29.6 Å². The zero-order valence-electron chi connectivity index (χ0n) is 18.9. The van der Waals surface area contributed by atoms with Gasteiger partial charge in [0, 0.05) is 49.8 Å². The van der Waals surface area contributed by atoms with Crippen molar-refractivity contribution in [3.05, 3.63) is 47.2 Å². The van der Waals surface area contributed by atoms with Gasteiger partial charge in [-0.25, -0.2) is 4.98 Å². The fraction of sp³-hybridized carbons (Fsp3) is 0.435. The van der Waals surface area contributed by atoms with Gasteiger partial charge < -0.3 is 19.3 Å². The van der Waals surface area contributed by atoms with E-state index in [1.165, 1.54) is 4.90 Å². The summed E-state index contributed by atoms with van der Waals surface area (Å²) in [5, 5.41) is 10.5. The Morgan fingerprint density at radius 1 is 0.944 bits per heavy atom. The number of hydrogen-bond acceptors (Lipinski definition) is 7. The highest BCUT2D eigenvalue weighted by molar-refractivity contribution is 5.97.